The van der Waals surface area contributed by atoms with Gasteiger partial charge in [0.25, 0.3) is 0 Å². The average molecular weight is 257 g/mol. The van der Waals surface area contributed by atoms with Crippen LogP contribution in [0.5, 0.6) is 0 Å². The molecule has 1 amide bonds. The van der Waals surface area contributed by atoms with Gasteiger partial charge in [0.1, 0.15) is 0 Å². The van der Waals surface area contributed by atoms with Gasteiger partial charge in [-0.15, -0.1) is 0 Å². The van der Waals surface area contributed by atoms with Gasteiger partial charge in [0.15, 0.2) is 0 Å². The molecular formula is C13H27N3O2. The van der Waals surface area contributed by atoms with E-state index >= 15 is 0 Å². The third kappa shape index (κ3) is 6.33. The van der Waals surface area contributed by atoms with Gasteiger partial charge < -0.3 is 15.4 Å². The van der Waals surface area contributed by atoms with Gasteiger partial charge >= 0.3 is 0 Å². The zero-order chi connectivity index (χ0) is 13.2. The van der Waals surface area contributed by atoms with Crippen LogP contribution >= 0.6 is 0 Å². The molecule has 2 saturated heterocycles. The highest BCUT2D eigenvalue weighted by atomic mass is 16.5. The molecule has 0 aromatic heterocycles. The van der Waals surface area contributed by atoms with Crippen LogP contribution in [0.3, 0.4) is 0 Å². The summed E-state index contributed by atoms with van der Waals surface area (Å²) >= 11 is 0. The van der Waals surface area contributed by atoms with Crippen LogP contribution in [0.25, 0.3) is 0 Å². The van der Waals surface area contributed by atoms with Gasteiger partial charge in [-0.05, 0) is 19.4 Å². The Morgan fingerprint density at radius 3 is 2.50 bits per heavy atom. The van der Waals surface area contributed by atoms with E-state index in [-0.39, 0.29) is 6.04 Å². The highest BCUT2D eigenvalue weighted by molar-refractivity contribution is 5.47. The molecular weight excluding hydrogens is 230 g/mol. The lowest BCUT2D eigenvalue weighted by Gasteiger charge is -2.26. The summed E-state index contributed by atoms with van der Waals surface area (Å²) in [5.74, 6) is 0. The van der Waals surface area contributed by atoms with Gasteiger partial charge in [0.05, 0.1) is 13.2 Å². The summed E-state index contributed by atoms with van der Waals surface area (Å²) in [6.07, 6.45) is 4.45. The Labute approximate surface area is 110 Å². The maximum Gasteiger partial charge on any atom is 0.209 e. The molecule has 0 bridgehead atoms. The van der Waals surface area contributed by atoms with Gasteiger partial charge in [0, 0.05) is 32.2 Å². The van der Waals surface area contributed by atoms with Crippen LogP contribution in [0.1, 0.15) is 26.2 Å². The third-order valence-corrected chi connectivity index (χ3v) is 3.34. The zero-order valence-electron chi connectivity index (χ0n) is 11.5. The zero-order valence-corrected chi connectivity index (χ0v) is 11.5. The lowest BCUT2D eigenvalue weighted by Crippen LogP contribution is -2.36. The van der Waals surface area contributed by atoms with Crippen LogP contribution in [0.15, 0.2) is 0 Å². The quantitative estimate of drug-likeness (QED) is 0.736. The maximum absolute atomic E-state index is 10.0. The molecule has 1 unspecified atom stereocenters. The topological polar surface area (TPSA) is 58.8 Å². The first-order valence-corrected chi connectivity index (χ1v) is 7.01. The molecule has 2 heterocycles. The van der Waals surface area contributed by atoms with Crippen molar-refractivity contribution in [3.63, 3.8) is 0 Å². The van der Waals surface area contributed by atoms with Crippen LogP contribution in [0.4, 0.5) is 0 Å². The number of hydrogen-bond donors (Lipinski definition) is 1. The first-order chi connectivity index (χ1) is 8.76. The molecule has 0 spiro atoms. The standard InChI is InChI=1S/C8H17NO.C5H10N2O/c1-2-3-4-9-5-7-10-8-6-9;6-5-1-2-7(3-5)4-8/h2-8H2,1H3;4-5H,1-3,6H2. The Morgan fingerprint density at radius 2 is 2.06 bits per heavy atom. The number of hydrogen-bond acceptors (Lipinski definition) is 4. The Balaban J connectivity index is 0.000000184. The lowest BCUT2D eigenvalue weighted by molar-refractivity contribution is -0.117. The summed E-state index contributed by atoms with van der Waals surface area (Å²) in [7, 11) is 0. The summed E-state index contributed by atoms with van der Waals surface area (Å²) in [4.78, 5) is 14.2. The minimum absolute atomic E-state index is 0.222. The minimum atomic E-state index is 0.222. The summed E-state index contributed by atoms with van der Waals surface area (Å²) in [6.45, 7) is 9.22. The smallest absolute Gasteiger partial charge is 0.209 e. The van der Waals surface area contributed by atoms with Gasteiger partial charge in [-0.1, -0.05) is 13.3 Å². The SMILES string of the molecule is CCCCN1CCOCC1.NC1CCN(C=O)C1. The number of nitrogens with zero attached hydrogens (tertiary/aromatic N) is 2. The third-order valence-electron chi connectivity index (χ3n) is 3.34. The van der Waals surface area contributed by atoms with Crippen molar-refractivity contribution in [2.45, 2.75) is 32.2 Å². The highest BCUT2D eigenvalue weighted by Crippen LogP contribution is 2.02. The number of carbonyl (C=O) groups excluding carboxylic acids is 1. The molecule has 2 N–H and O–H groups in total. The van der Waals surface area contributed by atoms with Gasteiger partial charge in [-0.25, -0.2) is 0 Å². The number of morpholine rings is 1. The fraction of sp³-hybridized carbons (Fsp3) is 0.923. The lowest BCUT2D eigenvalue weighted by atomic mass is 10.3. The van der Waals surface area contributed by atoms with Crippen molar-refractivity contribution in [2.75, 3.05) is 45.9 Å². The van der Waals surface area contributed by atoms with E-state index in [0.29, 0.717) is 0 Å². The number of amides is 1. The van der Waals surface area contributed by atoms with Crippen LogP contribution in [-0.4, -0.2) is 68.2 Å². The predicted octanol–water partition coefficient (Wildman–Crippen LogP) is 0.295. The average Bonchev–Trinajstić information content (AvgIpc) is 2.84. The first kappa shape index (κ1) is 15.4. The van der Waals surface area contributed by atoms with E-state index < -0.39 is 0 Å². The van der Waals surface area contributed by atoms with Crippen LogP contribution < -0.4 is 5.73 Å². The molecule has 0 aromatic rings. The van der Waals surface area contributed by atoms with E-state index in [1.165, 1.54) is 19.4 Å². The molecule has 5 nitrogen and oxygen atoms in total. The van der Waals surface area contributed by atoms with Gasteiger partial charge in [0.2, 0.25) is 6.41 Å². The Bertz CT molecular complexity index is 220. The number of ether oxygens (including phenoxy) is 1. The molecule has 2 rings (SSSR count). The van der Waals surface area contributed by atoms with Gasteiger partial charge in [-0.3, -0.25) is 9.69 Å². The molecule has 0 aliphatic carbocycles. The monoisotopic (exact) mass is 257 g/mol. The van der Waals surface area contributed by atoms with Crippen LogP contribution in [0.2, 0.25) is 0 Å². The Kier molecular flexibility index (Phi) is 7.96. The van der Waals surface area contributed by atoms with Crippen LogP contribution in [0, 0.1) is 0 Å². The van der Waals surface area contributed by atoms with Crippen molar-refractivity contribution in [2.24, 2.45) is 5.73 Å². The molecule has 2 aliphatic rings. The van der Waals surface area contributed by atoms with E-state index in [0.717, 1.165) is 52.2 Å². The van der Waals surface area contributed by atoms with Crippen molar-refractivity contribution in [3.8, 4) is 0 Å². The second kappa shape index (κ2) is 9.30. The van der Waals surface area contributed by atoms with E-state index in [9.17, 15) is 4.79 Å². The number of rotatable bonds is 4. The van der Waals surface area contributed by atoms with Crippen LogP contribution in [-0.2, 0) is 9.53 Å². The minimum Gasteiger partial charge on any atom is -0.379 e. The molecule has 106 valence electrons. The largest absolute Gasteiger partial charge is 0.379 e. The molecule has 5 heteroatoms. The van der Waals surface area contributed by atoms with Crippen molar-refractivity contribution < 1.29 is 9.53 Å². The summed E-state index contributed by atoms with van der Waals surface area (Å²) in [5.41, 5.74) is 5.50. The molecule has 0 radical (unpaired) electrons. The highest BCUT2D eigenvalue weighted by Gasteiger charge is 2.16. The van der Waals surface area contributed by atoms with E-state index in [4.69, 9.17) is 10.5 Å². The van der Waals surface area contributed by atoms with Crippen molar-refractivity contribution in [3.05, 3.63) is 0 Å². The summed E-state index contributed by atoms with van der Waals surface area (Å²) in [5, 5.41) is 0. The molecule has 0 saturated carbocycles. The first-order valence-electron chi connectivity index (χ1n) is 7.01. The second-order valence-corrected chi connectivity index (χ2v) is 4.96. The maximum atomic E-state index is 10.0. The number of carbonyl (C=O) groups is 1. The molecule has 1 atom stereocenters. The van der Waals surface area contributed by atoms with Crippen molar-refractivity contribution >= 4 is 6.41 Å². The van der Waals surface area contributed by atoms with Crippen molar-refractivity contribution in [1.29, 1.82) is 0 Å². The number of nitrogens with two attached hydrogens (primary N) is 1. The second-order valence-electron chi connectivity index (χ2n) is 4.96. The van der Waals surface area contributed by atoms with E-state index in [2.05, 4.69) is 11.8 Å². The Hall–Kier alpha value is -0.650. The molecule has 2 aliphatic heterocycles. The van der Waals surface area contributed by atoms with E-state index in [1.807, 2.05) is 0 Å². The normalized spacial score (nSPS) is 24.6. The van der Waals surface area contributed by atoms with Gasteiger partial charge in [-0.2, -0.15) is 0 Å². The van der Waals surface area contributed by atoms with E-state index in [1.54, 1.807) is 4.90 Å². The fourth-order valence-corrected chi connectivity index (χ4v) is 2.12. The number of likely N-dealkylation sites (tertiary alicyclic amines) is 1. The molecule has 0 aromatic carbocycles. The summed E-state index contributed by atoms with van der Waals surface area (Å²) < 4.78 is 5.24. The predicted molar refractivity (Wildman–Crippen MR) is 72.4 cm³/mol. The van der Waals surface area contributed by atoms with Crippen molar-refractivity contribution in [1.82, 2.24) is 9.80 Å². The Morgan fingerprint density at radius 1 is 1.33 bits per heavy atom. The summed E-state index contributed by atoms with van der Waals surface area (Å²) in [6, 6.07) is 0.222. The molecule has 2 fully saturated rings. The fourth-order valence-electron chi connectivity index (χ4n) is 2.12. The molecule has 18 heavy (non-hydrogen) atoms. The number of unbranched alkanes of at least 4 members (excludes halogenated alkanes) is 1.